The normalized spacial score (nSPS) is 20.5. The summed E-state index contributed by atoms with van der Waals surface area (Å²) in [5.74, 6) is 0. The number of hydrogen-bond donors (Lipinski definition) is 1. The summed E-state index contributed by atoms with van der Waals surface area (Å²) in [4.78, 5) is 0. The molecule has 0 unspecified atom stereocenters. The van der Waals surface area contributed by atoms with Crippen molar-refractivity contribution in [1.29, 1.82) is 0 Å². The Morgan fingerprint density at radius 3 is 2.20 bits per heavy atom. The number of rotatable bonds is 4. The molecule has 0 aromatic heterocycles. The molecule has 0 aromatic rings. The van der Waals surface area contributed by atoms with Gasteiger partial charge in [-0.15, -0.1) is 0 Å². The van der Waals surface area contributed by atoms with E-state index in [-0.39, 0.29) is 0 Å². The van der Waals surface area contributed by atoms with E-state index in [1.54, 1.807) is 11.4 Å². The predicted molar refractivity (Wildman–Crippen MR) is 60.6 cm³/mol. The second kappa shape index (κ2) is 5.79. The van der Waals surface area contributed by atoms with Gasteiger partial charge in [0.1, 0.15) is 0 Å². The van der Waals surface area contributed by atoms with Crippen LogP contribution in [0.1, 0.15) is 25.7 Å². The average molecular weight is 235 g/mol. The molecular formula is C9H21N3O2S. The molecule has 0 atom stereocenters. The van der Waals surface area contributed by atoms with Crippen LogP contribution >= 0.6 is 0 Å². The van der Waals surface area contributed by atoms with Crippen LogP contribution < -0.4 is 5.73 Å². The summed E-state index contributed by atoms with van der Waals surface area (Å²) < 4.78 is 27.0. The number of nitrogens with two attached hydrogens (primary N) is 1. The molecule has 6 heteroatoms. The summed E-state index contributed by atoms with van der Waals surface area (Å²) in [6.45, 7) is 2.05. The molecule has 15 heavy (non-hydrogen) atoms. The molecule has 5 nitrogen and oxygen atoms in total. The molecule has 1 saturated heterocycles. The molecule has 90 valence electrons. The Balaban J connectivity index is 2.66. The van der Waals surface area contributed by atoms with Crippen molar-refractivity contribution in [2.45, 2.75) is 25.7 Å². The van der Waals surface area contributed by atoms with Gasteiger partial charge in [-0.25, -0.2) is 0 Å². The van der Waals surface area contributed by atoms with Gasteiger partial charge < -0.3 is 5.73 Å². The van der Waals surface area contributed by atoms with Gasteiger partial charge in [0.25, 0.3) is 10.2 Å². The lowest BCUT2D eigenvalue weighted by Gasteiger charge is -2.25. The summed E-state index contributed by atoms with van der Waals surface area (Å²) in [5.41, 5.74) is 5.36. The Labute approximate surface area is 92.4 Å². The van der Waals surface area contributed by atoms with Crippen molar-refractivity contribution in [2.24, 2.45) is 5.73 Å². The van der Waals surface area contributed by atoms with Crippen molar-refractivity contribution in [3.8, 4) is 0 Å². The topological polar surface area (TPSA) is 66.6 Å². The average Bonchev–Trinajstić information content (AvgIpc) is 2.46. The van der Waals surface area contributed by atoms with E-state index < -0.39 is 10.2 Å². The molecule has 0 aliphatic carbocycles. The molecule has 0 aromatic carbocycles. The first kappa shape index (κ1) is 12.9. The zero-order valence-corrected chi connectivity index (χ0v) is 10.2. The van der Waals surface area contributed by atoms with Gasteiger partial charge in [0, 0.05) is 33.2 Å². The minimum Gasteiger partial charge on any atom is -0.329 e. The summed E-state index contributed by atoms with van der Waals surface area (Å²) in [5, 5.41) is 0. The van der Waals surface area contributed by atoms with E-state index in [2.05, 4.69) is 0 Å². The maximum atomic E-state index is 12.0. The standard InChI is InChI=1S/C9H21N3O2S/c1-11(9-6-10)15(13,14)12-7-4-2-3-5-8-12/h2-10H2,1H3. The van der Waals surface area contributed by atoms with Crippen molar-refractivity contribution in [1.82, 2.24) is 8.61 Å². The lowest BCUT2D eigenvalue weighted by molar-refractivity contribution is 0.368. The number of hydrogen-bond acceptors (Lipinski definition) is 3. The zero-order valence-electron chi connectivity index (χ0n) is 9.35. The Morgan fingerprint density at radius 1 is 1.20 bits per heavy atom. The fourth-order valence-electron chi connectivity index (χ4n) is 1.77. The molecule has 0 spiro atoms. The molecular weight excluding hydrogens is 214 g/mol. The third-order valence-electron chi connectivity index (χ3n) is 2.73. The van der Waals surface area contributed by atoms with Crippen LogP contribution in [0.3, 0.4) is 0 Å². The Morgan fingerprint density at radius 2 is 1.73 bits per heavy atom. The van der Waals surface area contributed by atoms with E-state index in [1.807, 2.05) is 0 Å². The number of nitrogens with zero attached hydrogens (tertiary/aromatic N) is 2. The minimum atomic E-state index is -3.26. The van der Waals surface area contributed by atoms with Crippen LogP contribution in [0.4, 0.5) is 0 Å². The first-order chi connectivity index (χ1) is 7.09. The third kappa shape index (κ3) is 3.41. The van der Waals surface area contributed by atoms with E-state index >= 15 is 0 Å². The van der Waals surface area contributed by atoms with E-state index in [0.29, 0.717) is 26.2 Å². The van der Waals surface area contributed by atoms with Crippen LogP contribution in [0.15, 0.2) is 0 Å². The van der Waals surface area contributed by atoms with Crippen LogP contribution in [0.25, 0.3) is 0 Å². The Kier molecular flexibility index (Phi) is 4.98. The minimum absolute atomic E-state index is 0.365. The smallest absolute Gasteiger partial charge is 0.281 e. The molecule has 1 fully saturated rings. The van der Waals surface area contributed by atoms with Gasteiger partial charge in [0.15, 0.2) is 0 Å². The first-order valence-electron chi connectivity index (χ1n) is 5.50. The molecule has 0 bridgehead atoms. The fourth-order valence-corrected chi connectivity index (χ4v) is 3.22. The lowest BCUT2D eigenvalue weighted by atomic mass is 10.2. The molecule has 1 rings (SSSR count). The molecule has 1 heterocycles. The molecule has 0 amide bonds. The van der Waals surface area contributed by atoms with Crippen LogP contribution in [-0.4, -0.2) is 50.3 Å². The first-order valence-corrected chi connectivity index (χ1v) is 6.90. The van der Waals surface area contributed by atoms with Gasteiger partial charge in [-0.1, -0.05) is 12.8 Å². The van der Waals surface area contributed by atoms with Crippen molar-refractivity contribution < 1.29 is 8.42 Å². The van der Waals surface area contributed by atoms with Crippen LogP contribution in [0.5, 0.6) is 0 Å². The zero-order chi connectivity index (χ0) is 11.3. The van der Waals surface area contributed by atoms with Gasteiger partial charge in [-0.2, -0.15) is 17.0 Å². The van der Waals surface area contributed by atoms with Gasteiger partial charge in [0.2, 0.25) is 0 Å². The van der Waals surface area contributed by atoms with Crippen molar-refractivity contribution in [3.05, 3.63) is 0 Å². The summed E-state index contributed by atoms with van der Waals surface area (Å²) in [6.07, 6.45) is 4.20. The summed E-state index contributed by atoms with van der Waals surface area (Å²) in [6, 6.07) is 0. The largest absolute Gasteiger partial charge is 0.329 e. The highest BCUT2D eigenvalue weighted by atomic mass is 32.2. The SMILES string of the molecule is CN(CCN)S(=O)(=O)N1CCCCCC1. The highest BCUT2D eigenvalue weighted by Gasteiger charge is 2.26. The highest BCUT2D eigenvalue weighted by molar-refractivity contribution is 7.86. The van der Waals surface area contributed by atoms with Crippen LogP contribution in [0, 0.1) is 0 Å². The van der Waals surface area contributed by atoms with E-state index in [1.165, 1.54) is 4.31 Å². The summed E-state index contributed by atoms with van der Waals surface area (Å²) >= 11 is 0. The van der Waals surface area contributed by atoms with Crippen molar-refractivity contribution in [3.63, 3.8) is 0 Å². The van der Waals surface area contributed by atoms with Crippen LogP contribution in [-0.2, 0) is 10.2 Å². The van der Waals surface area contributed by atoms with E-state index in [4.69, 9.17) is 5.73 Å². The van der Waals surface area contributed by atoms with E-state index in [0.717, 1.165) is 25.7 Å². The lowest BCUT2D eigenvalue weighted by Crippen LogP contribution is -2.44. The van der Waals surface area contributed by atoms with Gasteiger partial charge >= 0.3 is 0 Å². The Hall–Kier alpha value is -0.170. The molecule has 0 radical (unpaired) electrons. The van der Waals surface area contributed by atoms with Gasteiger partial charge in [-0.3, -0.25) is 0 Å². The van der Waals surface area contributed by atoms with Crippen molar-refractivity contribution in [2.75, 3.05) is 33.2 Å². The second-order valence-corrected chi connectivity index (χ2v) is 5.97. The molecule has 1 aliphatic rings. The number of likely N-dealkylation sites (N-methyl/N-ethyl adjacent to an activating group) is 1. The maximum Gasteiger partial charge on any atom is 0.281 e. The summed E-state index contributed by atoms with van der Waals surface area (Å²) in [7, 11) is -1.67. The quantitative estimate of drug-likeness (QED) is 0.745. The van der Waals surface area contributed by atoms with Crippen LogP contribution in [0.2, 0.25) is 0 Å². The highest BCUT2D eigenvalue weighted by Crippen LogP contribution is 2.14. The molecule has 0 saturated carbocycles. The molecule has 1 aliphatic heterocycles. The second-order valence-electron chi connectivity index (χ2n) is 3.93. The van der Waals surface area contributed by atoms with Crippen molar-refractivity contribution >= 4 is 10.2 Å². The molecule has 2 N–H and O–H groups in total. The van der Waals surface area contributed by atoms with E-state index in [9.17, 15) is 8.42 Å². The van der Waals surface area contributed by atoms with Gasteiger partial charge in [0.05, 0.1) is 0 Å². The monoisotopic (exact) mass is 235 g/mol. The predicted octanol–water partition coefficient (Wildman–Crippen LogP) is -0.00230. The van der Waals surface area contributed by atoms with Gasteiger partial charge in [-0.05, 0) is 12.8 Å². The maximum absolute atomic E-state index is 12.0. The Bertz CT molecular complexity index is 271. The fraction of sp³-hybridized carbons (Fsp3) is 1.00. The third-order valence-corrected chi connectivity index (χ3v) is 4.72.